The van der Waals surface area contributed by atoms with Crippen LogP contribution in [0.5, 0.6) is 0 Å². The first kappa shape index (κ1) is 25.3. The van der Waals surface area contributed by atoms with Crippen molar-refractivity contribution < 1.29 is 24.2 Å². The Kier molecular flexibility index (Phi) is 12.2. The van der Waals surface area contributed by atoms with Crippen molar-refractivity contribution in [2.45, 2.75) is 40.5 Å². The van der Waals surface area contributed by atoms with Gasteiger partial charge < -0.3 is 0 Å². The number of hydrogen-bond donors (Lipinski definition) is 0. The van der Waals surface area contributed by atoms with Crippen molar-refractivity contribution in [3.63, 3.8) is 0 Å². The average molecular weight is 465 g/mol. The van der Waals surface area contributed by atoms with Gasteiger partial charge in [0.15, 0.2) is 0 Å². The summed E-state index contributed by atoms with van der Waals surface area (Å²) < 4.78 is 1.51. The van der Waals surface area contributed by atoms with E-state index in [0.29, 0.717) is 0 Å². The molecule has 26 heavy (non-hydrogen) atoms. The molecule has 0 nitrogen and oxygen atoms in total. The topological polar surface area (TPSA) is 0 Å². The van der Waals surface area contributed by atoms with Crippen LogP contribution in [0.3, 0.4) is 0 Å². The molecule has 0 unspecified atom stereocenters. The zero-order valence-corrected chi connectivity index (χ0v) is 19.9. The van der Waals surface area contributed by atoms with Gasteiger partial charge in [0.2, 0.25) is 0 Å². The molecule has 0 amide bonds. The molecule has 2 aliphatic carbocycles. The predicted molar refractivity (Wildman–Crippen MR) is 115 cm³/mol. The molecule has 0 saturated carbocycles. The molecule has 0 aromatic heterocycles. The number of halogens is 2. The van der Waals surface area contributed by atoms with Crippen LogP contribution in [-0.4, -0.2) is 3.21 Å². The summed E-state index contributed by atoms with van der Waals surface area (Å²) in [6.45, 7) is 8.53. The zero-order chi connectivity index (χ0) is 17.5. The number of rotatable bonds is 0. The fourth-order valence-electron chi connectivity index (χ4n) is 2.65. The first-order valence-corrected chi connectivity index (χ1v) is 9.55. The van der Waals surface area contributed by atoms with E-state index in [1.165, 1.54) is 36.6 Å². The summed E-state index contributed by atoms with van der Waals surface area (Å²) in [6, 6.07) is 14.5. The molecule has 0 radical (unpaired) electrons. The Morgan fingerprint density at radius 2 is 1.65 bits per heavy atom. The molecule has 0 atom stereocenters. The van der Waals surface area contributed by atoms with Gasteiger partial charge in [-0.15, -0.1) is 36.8 Å². The summed E-state index contributed by atoms with van der Waals surface area (Å²) in [6.07, 6.45) is 11.0. The Balaban J connectivity index is 0.000000480. The Morgan fingerprint density at radius 3 is 2.19 bits per heavy atom. The van der Waals surface area contributed by atoms with Crippen molar-refractivity contribution in [2.75, 3.05) is 0 Å². The maximum Gasteiger partial charge on any atom is -0.0253 e. The van der Waals surface area contributed by atoms with E-state index in [1.54, 1.807) is 24.2 Å². The third kappa shape index (κ3) is 7.87. The standard InChI is InChI=1S/C15H13.C5H5.C3H6.2ClH.Zr/c1-10-3-5-12-9-13-6-4-11(2)8-15(13)14(12)7-10;1-2-4-5-3-1;1-3-2;;;/h3-5,7-8H,9H2,1-2H3;1-3H,4H2;1-2H3;2*1H;/q2*-1;;;;+2. The number of hydrogen-bond acceptors (Lipinski definition) is 0. The minimum Gasteiger partial charge on any atom is -0.273 e. The Bertz CT molecular complexity index is 725. The van der Waals surface area contributed by atoms with E-state index in [9.17, 15) is 0 Å². The number of fused-ring (bicyclic) bond motifs is 3. The minimum absolute atomic E-state index is 0. The van der Waals surface area contributed by atoms with Crippen molar-refractivity contribution in [1.29, 1.82) is 0 Å². The van der Waals surface area contributed by atoms with Crippen molar-refractivity contribution in [3.05, 3.63) is 83.0 Å². The maximum atomic E-state index is 3.38. The zero-order valence-electron chi connectivity index (χ0n) is 15.8. The van der Waals surface area contributed by atoms with Crippen LogP contribution in [0.15, 0.2) is 48.6 Å². The second-order valence-corrected chi connectivity index (χ2v) is 8.87. The molecule has 0 spiro atoms. The van der Waals surface area contributed by atoms with Crippen LogP contribution < -0.4 is 0 Å². The maximum absolute atomic E-state index is 3.38. The normalized spacial score (nSPS) is 11.6. The van der Waals surface area contributed by atoms with Crippen LogP contribution >= 0.6 is 24.8 Å². The van der Waals surface area contributed by atoms with Gasteiger partial charge in [0, 0.05) is 0 Å². The average Bonchev–Trinajstić information content (AvgIpc) is 3.18. The first-order valence-electron chi connectivity index (χ1n) is 8.32. The van der Waals surface area contributed by atoms with Crippen molar-refractivity contribution in [2.24, 2.45) is 0 Å². The monoisotopic (exact) mass is 462 g/mol. The van der Waals surface area contributed by atoms with Crippen molar-refractivity contribution in [1.82, 2.24) is 0 Å². The Hall–Kier alpha value is -0.747. The molecular weight excluding hydrogens is 438 g/mol. The molecule has 0 bridgehead atoms. The van der Waals surface area contributed by atoms with E-state index in [-0.39, 0.29) is 24.8 Å². The molecule has 0 N–H and O–H groups in total. The van der Waals surface area contributed by atoms with E-state index >= 15 is 0 Å². The Labute approximate surface area is 185 Å². The van der Waals surface area contributed by atoms with E-state index in [1.807, 2.05) is 12.2 Å². The molecule has 4 rings (SSSR count). The van der Waals surface area contributed by atoms with Crippen LogP contribution in [0.25, 0.3) is 11.1 Å². The third-order valence-electron chi connectivity index (χ3n) is 3.68. The molecule has 0 aliphatic heterocycles. The summed E-state index contributed by atoms with van der Waals surface area (Å²) in [4.78, 5) is 0. The molecule has 3 heteroatoms. The van der Waals surface area contributed by atoms with Gasteiger partial charge in [-0.2, -0.15) is 35.4 Å². The minimum atomic E-state index is 0. The third-order valence-corrected chi connectivity index (χ3v) is 3.68. The fourth-order valence-corrected chi connectivity index (χ4v) is 2.65. The van der Waals surface area contributed by atoms with Gasteiger partial charge in [-0.1, -0.05) is 41.8 Å². The molecular formula is C23H26Cl2Zr. The molecule has 2 aromatic carbocycles. The summed E-state index contributed by atoms with van der Waals surface area (Å²) in [7, 11) is 0. The molecule has 2 aromatic rings. The second-order valence-electron chi connectivity index (χ2n) is 6.41. The summed E-state index contributed by atoms with van der Waals surface area (Å²) in [5.41, 5.74) is 8.21. The van der Waals surface area contributed by atoms with Gasteiger partial charge in [-0.3, -0.25) is 6.08 Å². The quantitative estimate of drug-likeness (QED) is 0.330. The first-order chi connectivity index (χ1) is 11.5. The largest absolute Gasteiger partial charge is 0.273 e. The predicted octanol–water partition coefficient (Wildman–Crippen LogP) is 6.57. The van der Waals surface area contributed by atoms with Gasteiger partial charge in [-0.25, -0.2) is 12.2 Å². The van der Waals surface area contributed by atoms with Gasteiger partial charge in [0.05, 0.1) is 0 Å². The van der Waals surface area contributed by atoms with E-state index < -0.39 is 0 Å². The molecule has 136 valence electrons. The van der Waals surface area contributed by atoms with Crippen molar-refractivity contribution in [3.8, 4) is 11.1 Å². The van der Waals surface area contributed by atoms with Crippen LogP contribution in [0.2, 0.25) is 0 Å². The van der Waals surface area contributed by atoms with Crippen LogP contribution in [0.1, 0.15) is 42.5 Å². The van der Waals surface area contributed by atoms with Crippen LogP contribution in [0.4, 0.5) is 0 Å². The summed E-state index contributed by atoms with van der Waals surface area (Å²) in [5.74, 6) is 0. The van der Waals surface area contributed by atoms with Gasteiger partial charge in [0.1, 0.15) is 0 Å². The smallest absolute Gasteiger partial charge is 0.0253 e. The van der Waals surface area contributed by atoms with Gasteiger partial charge in [0.25, 0.3) is 0 Å². The molecule has 0 heterocycles. The Morgan fingerprint density at radius 1 is 1.00 bits per heavy atom. The van der Waals surface area contributed by atoms with Crippen LogP contribution in [-0.2, 0) is 30.7 Å². The second kappa shape index (κ2) is 12.6. The summed E-state index contributed by atoms with van der Waals surface area (Å²) in [5, 5.41) is 0. The van der Waals surface area contributed by atoms with Crippen molar-refractivity contribution >= 4 is 28.0 Å². The van der Waals surface area contributed by atoms with E-state index in [2.05, 4.69) is 76.2 Å². The number of benzene rings is 2. The van der Waals surface area contributed by atoms with Gasteiger partial charge in [-0.05, 0) is 13.3 Å². The molecule has 0 saturated heterocycles. The SMILES string of the molecule is C[C](C)=[Zr+2].Cc1c[c-]c2c(c1)-c1cc(C)ccc1C2.Cl.Cl.[C-]1=CC=CC1. The molecule has 0 fully saturated rings. The number of aryl methyl sites for hydroxylation is 2. The summed E-state index contributed by atoms with van der Waals surface area (Å²) >= 11 is 1.55. The fraction of sp³-hybridized carbons (Fsp3) is 0.261. The number of allylic oxidation sites excluding steroid dienone is 4. The molecule has 2 aliphatic rings. The van der Waals surface area contributed by atoms with E-state index in [4.69, 9.17) is 0 Å². The van der Waals surface area contributed by atoms with Crippen LogP contribution in [0, 0.1) is 26.0 Å². The van der Waals surface area contributed by atoms with Gasteiger partial charge >= 0.3 is 41.3 Å². The van der Waals surface area contributed by atoms with E-state index in [0.717, 1.165) is 12.8 Å².